The van der Waals surface area contributed by atoms with Crippen molar-refractivity contribution in [2.45, 2.75) is 26.7 Å². The number of amides is 1. The van der Waals surface area contributed by atoms with Gasteiger partial charge in [0.1, 0.15) is 0 Å². The summed E-state index contributed by atoms with van der Waals surface area (Å²) in [5.74, 6) is 2.37. The summed E-state index contributed by atoms with van der Waals surface area (Å²) in [6.07, 6.45) is 0.965. The van der Waals surface area contributed by atoms with E-state index in [1.165, 1.54) is 0 Å². The van der Waals surface area contributed by atoms with E-state index < -0.39 is 0 Å². The molecule has 0 bridgehead atoms. The molecule has 0 aromatic carbocycles. The summed E-state index contributed by atoms with van der Waals surface area (Å²) in [7, 11) is 6.50. The van der Waals surface area contributed by atoms with Crippen LogP contribution >= 0.6 is 0 Å². The molecule has 0 unspecified atom stereocenters. The Bertz CT molecular complexity index is 117. The average Bonchev–Trinajstić information content (AvgIpc) is 2.04. The zero-order valence-corrected chi connectivity index (χ0v) is 6.90. The molecule has 0 atom stereocenters. The molecule has 0 heterocycles. The van der Waals surface area contributed by atoms with Crippen LogP contribution in [-0.4, -0.2) is 20.3 Å². The smallest absolute Gasteiger partial charge is 0.0683 e. The second kappa shape index (κ2) is 11.2. The van der Waals surface area contributed by atoms with Crippen LogP contribution in [0.5, 0.6) is 0 Å². The Labute approximate surface area is 63.8 Å². The van der Waals surface area contributed by atoms with Gasteiger partial charge in [-0.2, -0.15) is 0 Å². The minimum Gasteiger partial charge on any atom is -0.0683 e. The van der Waals surface area contributed by atoms with Crippen LogP contribution in [0.25, 0.3) is 0 Å². The van der Waals surface area contributed by atoms with Gasteiger partial charge < -0.3 is 0 Å². The molecule has 1 amide bonds. The van der Waals surface area contributed by atoms with E-state index >= 15 is 0 Å². The van der Waals surface area contributed by atoms with Crippen LogP contribution in [0.4, 0.5) is 0 Å². The van der Waals surface area contributed by atoms with Crippen LogP contribution < -0.4 is 5.32 Å². The van der Waals surface area contributed by atoms with Crippen molar-refractivity contribution >= 4 is 13.2 Å². The molecule has 0 aromatic rings. The van der Waals surface area contributed by atoms with Gasteiger partial charge in [-0.05, 0) is 0 Å². The summed E-state index contributed by atoms with van der Waals surface area (Å²) in [5.41, 5.74) is 0. The standard InChI is InChI=1S/C5H8BNO.C2H6/c1-7-5(8)3-2-4-6;1-2/h2-3H2,1H3,(H,7,8);1-2H3. The Morgan fingerprint density at radius 1 is 1.60 bits per heavy atom. The molecule has 0 aromatic heterocycles. The summed E-state index contributed by atoms with van der Waals surface area (Å²) < 4.78 is 0. The van der Waals surface area contributed by atoms with Crippen molar-refractivity contribution < 1.29 is 4.79 Å². The fourth-order valence-corrected chi connectivity index (χ4v) is 0.311. The monoisotopic (exact) mass is 139 g/mol. The van der Waals surface area contributed by atoms with Gasteiger partial charge in [0.25, 0.3) is 0 Å². The van der Waals surface area contributed by atoms with Crippen molar-refractivity contribution in [2.75, 3.05) is 7.05 Å². The van der Waals surface area contributed by atoms with Crippen molar-refractivity contribution in [1.82, 2.24) is 5.32 Å². The summed E-state index contributed by atoms with van der Waals surface area (Å²) in [4.78, 5) is 10.4. The van der Waals surface area contributed by atoms with E-state index in [-0.39, 0.29) is 5.91 Å². The van der Waals surface area contributed by atoms with E-state index in [4.69, 9.17) is 7.33 Å². The first kappa shape index (κ1) is 12.0. The van der Waals surface area contributed by atoms with Crippen LogP contribution in [0.2, 0.25) is 0 Å². The Kier molecular flexibility index (Phi) is 13.4. The molecule has 0 rings (SSSR count). The number of carbonyl (C=O) groups excluding carboxylic acids is 1. The van der Waals surface area contributed by atoms with Crippen molar-refractivity contribution in [3.05, 3.63) is 0 Å². The number of rotatable bonds is 2. The van der Waals surface area contributed by atoms with Gasteiger partial charge in [0.15, 0.2) is 0 Å². The van der Waals surface area contributed by atoms with Gasteiger partial charge in [-0.25, -0.2) is 0 Å². The minimum atomic E-state index is 0.00273. The molecule has 0 aliphatic carbocycles. The first-order chi connectivity index (χ1) is 4.81. The van der Waals surface area contributed by atoms with Gasteiger partial charge in [-0.3, -0.25) is 0 Å². The minimum absolute atomic E-state index is 0.00273. The zero-order chi connectivity index (χ0) is 8.41. The second-order valence-corrected chi connectivity index (χ2v) is 1.38. The third-order valence-corrected chi connectivity index (χ3v) is 0.775. The first-order valence-electron chi connectivity index (χ1n) is 3.45. The predicted octanol–water partition coefficient (Wildman–Crippen LogP) is 0.666. The molecule has 0 fully saturated rings. The molecule has 0 saturated carbocycles. The molecule has 0 aliphatic heterocycles. The molecule has 3 heteroatoms. The van der Waals surface area contributed by atoms with Gasteiger partial charge in [-0.15, -0.1) is 0 Å². The fourth-order valence-electron chi connectivity index (χ4n) is 0.311. The van der Waals surface area contributed by atoms with Crippen molar-refractivity contribution in [3.63, 3.8) is 0 Å². The van der Waals surface area contributed by atoms with Crippen molar-refractivity contribution in [3.8, 4) is 5.80 Å². The van der Waals surface area contributed by atoms with Gasteiger partial charge in [0.2, 0.25) is 0 Å². The molecule has 10 heavy (non-hydrogen) atoms. The van der Waals surface area contributed by atoms with Gasteiger partial charge in [0.05, 0.1) is 0 Å². The molecule has 0 saturated heterocycles. The molecule has 0 spiro atoms. The van der Waals surface area contributed by atoms with Gasteiger partial charge >= 0.3 is 49.0 Å². The van der Waals surface area contributed by atoms with E-state index in [1.807, 2.05) is 13.8 Å². The second-order valence-electron chi connectivity index (χ2n) is 1.38. The topological polar surface area (TPSA) is 29.1 Å². The molecule has 56 valence electrons. The number of hydrogen-bond donors (Lipinski definition) is 1. The van der Waals surface area contributed by atoms with Crippen LogP contribution in [-0.2, 0) is 4.79 Å². The van der Waals surface area contributed by atoms with E-state index in [2.05, 4.69) is 11.1 Å². The predicted molar refractivity (Wildman–Crippen MR) is 44.3 cm³/mol. The molecule has 0 radical (unpaired) electrons. The molecular weight excluding hydrogens is 125 g/mol. The summed E-state index contributed by atoms with van der Waals surface area (Å²) in [6, 6.07) is 0. The number of hydrogen-bond acceptors (Lipinski definition) is 1. The van der Waals surface area contributed by atoms with E-state index in [9.17, 15) is 4.79 Å². The largest absolute Gasteiger partial charge is 0.0683 e. The molecule has 0 aliphatic rings. The van der Waals surface area contributed by atoms with E-state index in [0.29, 0.717) is 12.8 Å². The maximum absolute atomic E-state index is 10.4. The summed E-state index contributed by atoms with van der Waals surface area (Å²) >= 11 is 0. The molecule has 1 N–H and O–H groups in total. The Hall–Kier alpha value is -0.685. The van der Waals surface area contributed by atoms with Crippen molar-refractivity contribution in [2.24, 2.45) is 0 Å². The fraction of sp³-hybridized carbons (Fsp3) is 0.714. The third-order valence-electron chi connectivity index (χ3n) is 0.775. The van der Waals surface area contributed by atoms with Crippen molar-refractivity contribution in [1.29, 1.82) is 0 Å². The van der Waals surface area contributed by atoms with Gasteiger partial charge in [-0.1, -0.05) is 13.8 Å². The van der Waals surface area contributed by atoms with Crippen LogP contribution in [0.3, 0.4) is 0 Å². The Morgan fingerprint density at radius 3 is 2.40 bits per heavy atom. The molecular formula is C7H14BNO. The molecule has 2 nitrogen and oxygen atoms in total. The maximum Gasteiger partial charge on any atom is -0.0683 e. The Morgan fingerprint density at radius 2 is 2.10 bits per heavy atom. The number of nitrogens with one attached hydrogen (secondary N) is 1. The van der Waals surface area contributed by atoms with E-state index in [1.54, 1.807) is 7.05 Å². The van der Waals surface area contributed by atoms with Crippen LogP contribution in [0.1, 0.15) is 26.7 Å². The number of carbonyl (C=O) groups is 1. The third kappa shape index (κ3) is 10.3. The van der Waals surface area contributed by atoms with Crippen LogP contribution in [0.15, 0.2) is 0 Å². The first-order valence-corrected chi connectivity index (χ1v) is 3.45. The zero-order valence-electron chi connectivity index (χ0n) is 6.90. The average molecular weight is 139 g/mol. The quantitative estimate of drug-likeness (QED) is 0.559. The van der Waals surface area contributed by atoms with E-state index in [0.717, 1.165) is 0 Å². The van der Waals surface area contributed by atoms with Crippen LogP contribution in [0, 0.1) is 5.80 Å². The normalized spacial score (nSPS) is 6.90. The summed E-state index contributed by atoms with van der Waals surface area (Å²) in [6.45, 7) is 4.00. The Balaban J connectivity index is 0. The van der Waals surface area contributed by atoms with Gasteiger partial charge in [0, 0.05) is 0 Å². The SMILES string of the molecule is B#CCCC(=O)NC.CC. The summed E-state index contributed by atoms with van der Waals surface area (Å²) in [5, 5.41) is 2.47. The maximum atomic E-state index is 10.4.